The number of hydrogen-bond acceptors (Lipinski definition) is 3. The number of amides is 1. The molecule has 0 radical (unpaired) electrons. The highest BCUT2D eigenvalue weighted by Gasteiger charge is 2.10. The lowest BCUT2D eigenvalue weighted by Gasteiger charge is -2.05. The van der Waals surface area contributed by atoms with Gasteiger partial charge in [0.2, 0.25) is 0 Å². The van der Waals surface area contributed by atoms with Gasteiger partial charge in [-0.25, -0.2) is 0 Å². The second kappa shape index (κ2) is 6.77. The molecule has 1 aromatic heterocycles. The van der Waals surface area contributed by atoms with E-state index in [9.17, 15) is 4.79 Å². The molecule has 1 aromatic rings. The predicted octanol–water partition coefficient (Wildman–Crippen LogP) is 2.51. The van der Waals surface area contributed by atoms with E-state index in [4.69, 9.17) is 5.11 Å². The number of rotatable bonds is 6. The summed E-state index contributed by atoms with van der Waals surface area (Å²) in [6, 6.07) is 1.98. The zero-order chi connectivity index (χ0) is 12.8. The molecule has 0 bridgehead atoms. The van der Waals surface area contributed by atoms with Crippen LogP contribution in [0.3, 0.4) is 0 Å². The van der Waals surface area contributed by atoms with Crippen molar-refractivity contribution in [3.63, 3.8) is 0 Å². The van der Waals surface area contributed by atoms with Crippen molar-refractivity contribution in [3.05, 3.63) is 21.4 Å². The van der Waals surface area contributed by atoms with Crippen molar-refractivity contribution in [1.29, 1.82) is 0 Å². The minimum atomic E-state index is -0.289. The maximum Gasteiger partial charge on any atom is 0.261 e. The number of aryl methyl sites for hydroxylation is 2. The molecule has 1 heterocycles. The maximum atomic E-state index is 11.8. The number of hydrogen-bond donors (Lipinski definition) is 2. The van der Waals surface area contributed by atoms with Gasteiger partial charge in [-0.15, -0.1) is 11.3 Å². The van der Waals surface area contributed by atoms with Gasteiger partial charge in [0.25, 0.3) is 5.91 Å². The maximum absolute atomic E-state index is 11.8. The molecule has 1 unspecified atom stereocenters. The van der Waals surface area contributed by atoms with E-state index in [-0.39, 0.29) is 12.0 Å². The molecule has 0 saturated heterocycles. The summed E-state index contributed by atoms with van der Waals surface area (Å²) in [6.45, 7) is 6.53. The Kier molecular flexibility index (Phi) is 5.65. The van der Waals surface area contributed by atoms with Gasteiger partial charge in [-0.3, -0.25) is 4.79 Å². The predicted molar refractivity (Wildman–Crippen MR) is 71.7 cm³/mol. The number of carbonyl (C=O) groups excluding carboxylic acids is 1. The Bertz CT molecular complexity index is 371. The molecule has 2 N–H and O–H groups in total. The summed E-state index contributed by atoms with van der Waals surface area (Å²) in [6.07, 6.45) is 2.22. The lowest BCUT2D eigenvalue weighted by Crippen LogP contribution is -2.24. The average molecular weight is 255 g/mol. The smallest absolute Gasteiger partial charge is 0.261 e. The van der Waals surface area contributed by atoms with Gasteiger partial charge in [0.1, 0.15) is 0 Å². The fourth-order valence-corrected chi connectivity index (χ4v) is 2.70. The first-order valence-corrected chi connectivity index (χ1v) is 6.91. The molecule has 0 saturated carbocycles. The van der Waals surface area contributed by atoms with Crippen molar-refractivity contribution in [3.8, 4) is 0 Å². The number of carbonyl (C=O) groups is 1. The van der Waals surface area contributed by atoms with E-state index in [0.29, 0.717) is 6.54 Å². The highest BCUT2D eigenvalue weighted by Crippen LogP contribution is 2.21. The van der Waals surface area contributed by atoms with Crippen LogP contribution in [0, 0.1) is 6.92 Å². The highest BCUT2D eigenvalue weighted by molar-refractivity contribution is 7.14. The second-order valence-electron chi connectivity index (χ2n) is 4.29. The van der Waals surface area contributed by atoms with E-state index in [1.165, 1.54) is 10.4 Å². The van der Waals surface area contributed by atoms with Gasteiger partial charge >= 0.3 is 0 Å². The van der Waals surface area contributed by atoms with Crippen LogP contribution < -0.4 is 5.32 Å². The van der Waals surface area contributed by atoms with E-state index in [0.717, 1.165) is 24.1 Å². The molecule has 0 aliphatic carbocycles. The van der Waals surface area contributed by atoms with Crippen molar-refractivity contribution in [2.24, 2.45) is 0 Å². The Hall–Kier alpha value is -0.870. The molecule has 1 atom stereocenters. The van der Waals surface area contributed by atoms with Crippen LogP contribution in [0.15, 0.2) is 6.07 Å². The SMILES string of the molecule is CCc1cc(C(=O)NCCCC(C)O)sc1C. The first-order valence-electron chi connectivity index (χ1n) is 6.10. The number of thiophene rings is 1. The zero-order valence-corrected chi connectivity index (χ0v) is 11.6. The number of aliphatic hydroxyl groups excluding tert-OH is 1. The third-order valence-corrected chi connectivity index (χ3v) is 3.80. The highest BCUT2D eigenvalue weighted by atomic mass is 32.1. The van der Waals surface area contributed by atoms with Crippen molar-refractivity contribution in [2.45, 2.75) is 46.1 Å². The van der Waals surface area contributed by atoms with Crippen molar-refractivity contribution in [2.75, 3.05) is 6.54 Å². The summed E-state index contributed by atoms with van der Waals surface area (Å²) in [5.74, 6) is 0.00314. The Morgan fingerprint density at radius 3 is 2.82 bits per heavy atom. The van der Waals surface area contributed by atoms with E-state index < -0.39 is 0 Å². The molecular formula is C13H21NO2S. The Labute approximate surface area is 107 Å². The van der Waals surface area contributed by atoms with Gasteiger partial charge in [0, 0.05) is 11.4 Å². The zero-order valence-electron chi connectivity index (χ0n) is 10.7. The summed E-state index contributed by atoms with van der Waals surface area (Å²) in [5.41, 5.74) is 1.25. The molecular weight excluding hydrogens is 234 g/mol. The van der Waals surface area contributed by atoms with Crippen LogP contribution in [0.4, 0.5) is 0 Å². The average Bonchev–Trinajstić information content (AvgIpc) is 2.65. The fourth-order valence-electron chi connectivity index (χ4n) is 1.67. The normalized spacial score (nSPS) is 12.5. The van der Waals surface area contributed by atoms with Gasteiger partial charge in [-0.05, 0) is 44.7 Å². The molecule has 1 amide bonds. The van der Waals surface area contributed by atoms with Gasteiger partial charge < -0.3 is 10.4 Å². The third-order valence-electron chi connectivity index (χ3n) is 2.71. The molecule has 3 nitrogen and oxygen atoms in total. The minimum absolute atomic E-state index is 0.00314. The Morgan fingerprint density at radius 1 is 1.59 bits per heavy atom. The van der Waals surface area contributed by atoms with Crippen LogP contribution in [-0.2, 0) is 6.42 Å². The quantitative estimate of drug-likeness (QED) is 0.767. The summed E-state index contributed by atoms with van der Waals surface area (Å²) in [4.78, 5) is 13.8. The summed E-state index contributed by atoms with van der Waals surface area (Å²) in [5, 5.41) is 12.0. The van der Waals surface area contributed by atoms with Crippen LogP contribution in [0.1, 0.15) is 46.8 Å². The lowest BCUT2D eigenvalue weighted by atomic mass is 10.2. The molecule has 0 aliphatic heterocycles. The number of nitrogens with one attached hydrogen (secondary N) is 1. The van der Waals surface area contributed by atoms with Gasteiger partial charge in [0.05, 0.1) is 11.0 Å². The first kappa shape index (κ1) is 14.2. The Morgan fingerprint density at radius 2 is 2.29 bits per heavy atom. The summed E-state index contributed by atoms with van der Waals surface area (Å²) < 4.78 is 0. The lowest BCUT2D eigenvalue weighted by molar-refractivity contribution is 0.0953. The molecule has 17 heavy (non-hydrogen) atoms. The minimum Gasteiger partial charge on any atom is -0.393 e. The Balaban J connectivity index is 2.41. The molecule has 0 fully saturated rings. The largest absolute Gasteiger partial charge is 0.393 e. The van der Waals surface area contributed by atoms with Crippen LogP contribution >= 0.6 is 11.3 Å². The second-order valence-corrected chi connectivity index (χ2v) is 5.55. The van der Waals surface area contributed by atoms with Crippen molar-refractivity contribution < 1.29 is 9.90 Å². The van der Waals surface area contributed by atoms with E-state index in [1.807, 2.05) is 13.0 Å². The van der Waals surface area contributed by atoms with E-state index in [2.05, 4.69) is 12.2 Å². The topological polar surface area (TPSA) is 49.3 Å². The van der Waals surface area contributed by atoms with Gasteiger partial charge in [0.15, 0.2) is 0 Å². The van der Waals surface area contributed by atoms with Crippen molar-refractivity contribution in [1.82, 2.24) is 5.32 Å². The molecule has 1 rings (SSSR count). The third kappa shape index (κ3) is 4.48. The monoisotopic (exact) mass is 255 g/mol. The van der Waals surface area contributed by atoms with E-state index in [1.54, 1.807) is 18.3 Å². The van der Waals surface area contributed by atoms with Gasteiger partial charge in [-0.1, -0.05) is 6.92 Å². The van der Waals surface area contributed by atoms with Crippen LogP contribution in [0.5, 0.6) is 0 Å². The van der Waals surface area contributed by atoms with Gasteiger partial charge in [-0.2, -0.15) is 0 Å². The van der Waals surface area contributed by atoms with Crippen LogP contribution in [-0.4, -0.2) is 23.7 Å². The van der Waals surface area contributed by atoms with Crippen LogP contribution in [0.25, 0.3) is 0 Å². The molecule has 0 aromatic carbocycles. The number of aliphatic hydroxyl groups is 1. The van der Waals surface area contributed by atoms with Crippen molar-refractivity contribution >= 4 is 17.2 Å². The fraction of sp³-hybridized carbons (Fsp3) is 0.615. The summed E-state index contributed by atoms with van der Waals surface area (Å²) >= 11 is 1.55. The van der Waals surface area contributed by atoms with Crippen LogP contribution in [0.2, 0.25) is 0 Å². The standard InChI is InChI=1S/C13H21NO2S/c1-4-11-8-12(17-10(11)3)13(16)14-7-5-6-9(2)15/h8-9,15H,4-7H2,1-3H3,(H,14,16). The first-order chi connectivity index (χ1) is 8.04. The molecule has 96 valence electrons. The molecule has 0 aliphatic rings. The van der Waals surface area contributed by atoms with E-state index >= 15 is 0 Å². The molecule has 0 spiro atoms. The molecule has 4 heteroatoms. The summed E-state index contributed by atoms with van der Waals surface area (Å²) in [7, 11) is 0.